The minimum absolute atomic E-state index is 0.0379. The number of rotatable bonds is 6. The molecule has 2 heterocycles. The number of imidazole rings is 1. The largest absolute Gasteiger partial charge is 0.348 e. The van der Waals surface area contributed by atoms with E-state index in [0.29, 0.717) is 24.8 Å². The van der Waals surface area contributed by atoms with Gasteiger partial charge in [-0.15, -0.1) is 0 Å². The lowest BCUT2D eigenvalue weighted by Gasteiger charge is -2.57. The Bertz CT molecular complexity index is 1320. The molecule has 6 nitrogen and oxygen atoms in total. The molecule has 4 aliphatic carbocycles. The summed E-state index contributed by atoms with van der Waals surface area (Å²) in [6.45, 7) is 2.94. The predicted molar refractivity (Wildman–Crippen MR) is 129 cm³/mol. The number of H-pyrrole nitrogens is 1. The number of carbonyl (C=O) groups is 1. The van der Waals surface area contributed by atoms with Gasteiger partial charge in [-0.05, 0) is 67.1 Å². The van der Waals surface area contributed by atoms with Gasteiger partial charge in [0.25, 0.3) is 5.56 Å². The lowest BCUT2D eigenvalue weighted by atomic mass is 9.48. The van der Waals surface area contributed by atoms with Crippen LogP contribution in [0.2, 0.25) is 0 Å². The standard InChI is InChI=1S/C27H30N4O2/c1-26-10-18-9-19(11-26)13-27(12-18,16-26)14-24(32)30-23-4-2-3-22-21(23)6-8-31(25(22)33)7-5-20-15-28-17-29-20/h2-4,6,8,10,15,17,19H,5,7,9,11-14,16H2,1H3,(H,28,29)(H,30,32). The van der Waals surface area contributed by atoms with Crippen molar-refractivity contribution >= 4 is 22.4 Å². The second-order valence-electron chi connectivity index (χ2n) is 10.9. The summed E-state index contributed by atoms with van der Waals surface area (Å²) in [5.74, 6) is 0.806. The Kier molecular flexibility index (Phi) is 4.61. The number of fused-ring (bicyclic) bond motifs is 1. The van der Waals surface area contributed by atoms with Gasteiger partial charge in [0.15, 0.2) is 0 Å². The van der Waals surface area contributed by atoms with Crippen LogP contribution in [0.25, 0.3) is 10.8 Å². The first-order valence-corrected chi connectivity index (χ1v) is 12.0. The second-order valence-corrected chi connectivity index (χ2v) is 10.9. The minimum atomic E-state index is -0.0379. The molecule has 1 aromatic carbocycles. The molecule has 33 heavy (non-hydrogen) atoms. The van der Waals surface area contributed by atoms with Gasteiger partial charge in [0.1, 0.15) is 0 Å². The molecule has 3 atom stereocenters. The van der Waals surface area contributed by atoms with Gasteiger partial charge in [-0.25, -0.2) is 4.98 Å². The fraction of sp³-hybridized carbons (Fsp3) is 0.444. The van der Waals surface area contributed by atoms with E-state index < -0.39 is 0 Å². The summed E-state index contributed by atoms with van der Waals surface area (Å²) in [7, 11) is 0. The van der Waals surface area contributed by atoms with Gasteiger partial charge in [-0.1, -0.05) is 24.6 Å². The topological polar surface area (TPSA) is 79.8 Å². The molecule has 0 aliphatic heterocycles. The average Bonchev–Trinajstić information content (AvgIpc) is 3.25. The maximum atomic E-state index is 13.2. The van der Waals surface area contributed by atoms with Crippen molar-refractivity contribution in [3.63, 3.8) is 0 Å². The Morgan fingerprint density at radius 1 is 1.27 bits per heavy atom. The number of hydrogen-bond acceptors (Lipinski definition) is 3. The normalized spacial score (nSPS) is 27.7. The molecule has 2 aromatic heterocycles. The number of hydrogen-bond donors (Lipinski definition) is 2. The summed E-state index contributed by atoms with van der Waals surface area (Å²) in [6, 6.07) is 7.54. The zero-order chi connectivity index (χ0) is 22.6. The molecule has 7 rings (SSSR count). The number of carbonyl (C=O) groups excluding carboxylic acids is 1. The number of aromatic nitrogens is 3. The first kappa shape index (κ1) is 20.5. The number of pyridine rings is 1. The number of aryl methyl sites for hydroxylation is 2. The van der Waals surface area contributed by atoms with Crippen molar-refractivity contribution in [3.05, 3.63) is 70.7 Å². The van der Waals surface area contributed by atoms with Crippen molar-refractivity contribution in [1.29, 1.82) is 0 Å². The van der Waals surface area contributed by atoms with Crippen LogP contribution in [0, 0.1) is 16.7 Å². The van der Waals surface area contributed by atoms with Gasteiger partial charge in [0, 0.05) is 53.9 Å². The van der Waals surface area contributed by atoms with E-state index in [1.54, 1.807) is 22.7 Å². The number of amides is 1. The second kappa shape index (κ2) is 7.44. The van der Waals surface area contributed by atoms with E-state index in [4.69, 9.17) is 0 Å². The van der Waals surface area contributed by atoms with E-state index in [1.807, 2.05) is 30.5 Å². The molecule has 0 spiro atoms. The fourth-order valence-electron chi connectivity index (χ4n) is 7.26. The minimum Gasteiger partial charge on any atom is -0.348 e. The Labute approximate surface area is 193 Å². The highest BCUT2D eigenvalue weighted by molar-refractivity contribution is 6.02. The van der Waals surface area contributed by atoms with Crippen LogP contribution in [0.4, 0.5) is 5.69 Å². The van der Waals surface area contributed by atoms with E-state index in [9.17, 15) is 9.59 Å². The fourth-order valence-corrected chi connectivity index (χ4v) is 7.26. The molecule has 4 aliphatic rings. The van der Waals surface area contributed by atoms with Crippen molar-refractivity contribution in [1.82, 2.24) is 14.5 Å². The van der Waals surface area contributed by atoms with Crippen molar-refractivity contribution in [2.75, 3.05) is 5.32 Å². The lowest BCUT2D eigenvalue weighted by Crippen LogP contribution is -2.47. The summed E-state index contributed by atoms with van der Waals surface area (Å²) in [6.07, 6.45) is 14.9. The molecule has 2 saturated carbocycles. The third kappa shape index (κ3) is 3.71. The van der Waals surface area contributed by atoms with Crippen LogP contribution in [0.15, 0.2) is 59.4 Å². The summed E-state index contributed by atoms with van der Waals surface area (Å²) in [5.41, 5.74) is 3.64. The molecule has 3 unspecified atom stereocenters. The summed E-state index contributed by atoms with van der Waals surface area (Å²) in [5, 5.41) is 4.59. The molecule has 2 fully saturated rings. The summed E-state index contributed by atoms with van der Waals surface area (Å²) < 4.78 is 1.72. The molecular weight excluding hydrogens is 412 g/mol. The van der Waals surface area contributed by atoms with E-state index in [-0.39, 0.29) is 22.3 Å². The van der Waals surface area contributed by atoms with Crippen molar-refractivity contribution < 1.29 is 4.79 Å². The van der Waals surface area contributed by atoms with Crippen LogP contribution in [0.3, 0.4) is 0 Å². The molecular formula is C27H30N4O2. The number of benzene rings is 1. The number of nitrogens with zero attached hydrogens (tertiary/aromatic N) is 2. The van der Waals surface area contributed by atoms with Gasteiger partial charge >= 0.3 is 0 Å². The third-order valence-corrected chi connectivity index (χ3v) is 7.97. The van der Waals surface area contributed by atoms with Crippen LogP contribution in [-0.4, -0.2) is 20.4 Å². The summed E-state index contributed by atoms with van der Waals surface area (Å²) >= 11 is 0. The Morgan fingerprint density at radius 3 is 2.97 bits per heavy atom. The van der Waals surface area contributed by atoms with Gasteiger partial charge < -0.3 is 14.9 Å². The molecule has 4 bridgehead atoms. The molecule has 0 saturated heterocycles. The van der Waals surface area contributed by atoms with Gasteiger partial charge in [-0.3, -0.25) is 9.59 Å². The van der Waals surface area contributed by atoms with Crippen LogP contribution < -0.4 is 10.9 Å². The van der Waals surface area contributed by atoms with Crippen LogP contribution >= 0.6 is 0 Å². The van der Waals surface area contributed by atoms with E-state index in [1.165, 1.54) is 19.3 Å². The highest BCUT2D eigenvalue weighted by atomic mass is 16.1. The van der Waals surface area contributed by atoms with Crippen LogP contribution in [-0.2, 0) is 17.8 Å². The zero-order valence-electron chi connectivity index (χ0n) is 19.1. The third-order valence-electron chi connectivity index (χ3n) is 7.97. The van der Waals surface area contributed by atoms with E-state index in [0.717, 1.165) is 35.5 Å². The maximum Gasteiger partial charge on any atom is 0.258 e. The van der Waals surface area contributed by atoms with Crippen LogP contribution in [0.5, 0.6) is 0 Å². The van der Waals surface area contributed by atoms with Crippen molar-refractivity contribution in [2.45, 2.75) is 58.4 Å². The smallest absolute Gasteiger partial charge is 0.258 e. The Hall–Kier alpha value is -3.15. The molecule has 3 aromatic rings. The molecule has 6 heteroatoms. The number of anilines is 1. The highest BCUT2D eigenvalue weighted by Gasteiger charge is 2.52. The van der Waals surface area contributed by atoms with Gasteiger partial charge in [-0.2, -0.15) is 0 Å². The van der Waals surface area contributed by atoms with E-state index >= 15 is 0 Å². The average molecular weight is 443 g/mol. The molecule has 1 amide bonds. The molecule has 170 valence electrons. The van der Waals surface area contributed by atoms with Gasteiger partial charge in [0.05, 0.1) is 6.33 Å². The highest BCUT2D eigenvalue weighted by Crippen LogP contribution is 2.63. The number of allylic oxidation sites excluding steroid dienone is 2. The summed E-state index contributed by atoms with van der Waals surface area (Å²) in [4.78, 5) is 33.4. The lowest BCUT2D eigenvalue weighted by molar-refractivity contribution is -0.121. The quantitative estimate of drug-likeness (QED) is 0.537. The number of aromatic amines is 1. The predicted octanol–water partition coefficient (Wildman–Crippen LogP) is 4.82. The number of nitrogens with one attached hydrogen (secondary N) is 2. The Balaban J connectivity index is 1.21. The first-order chi connectivity index (χ1) is 15.9. The van der Waals surface area contributed by atoms with Crippen LogP contribution in [0.1, 0.15) is 51.1 Å². The molecule has 2 N–H and O–H groups in total. The first-order valence-electron chi connectivity index (χ1n) is 12.0. The molecule has 0 radical (unpaired) electrons. The van der Waals surface area contributed by atoms with E-state index in [2.05, 4.69) is 28.3 Å². The zero-order valence-corrected chi connectivity index (χ0v) is 19.1. The van der Waals surface area contributed by atoms with Crippen molar-refractivity contribution in [3.8, 4) is 0 Å². The SMILES string of the molecule is CC12C=C3CC(C1)CC(CC(=O)Nc1cccc4c(=O)n(CCc5cnc[nH]5)ccc14)(C3)C2. The Morgan fingerprint density at radius 2 is 2.18 bits per heavy atom. The maximum absolute atomic E-state index is 13.2. The monoisotopic (exact) mass is 442 g/mol. The van der Waals surface area contributed by atoms with Crippen molar-refractivity contribution in [2.24, 2.45) is 16.7 Å². The van der Waals surface area contributed by atoms with Gasteiger partial charge in [0.2, 0.25) is 5.91 Å².